The number of ether oxygens (including phenoxy) is 1. The lowest BCUT2D eigenvalue weighted by Gasteiger charge is -1.95. The molecule has 5 heteroatoms. The zero-order chi connectivity index (χ0) is 8.97. The van der Waals surface area contributed by atoms with Crippen molar-refractivity contribution < 1.29 is 9.53 Å². The highest BCUT2D eigenvalue weighted by atomic mass is 16.5. The van der Waals surface area contributed by atoms with Gasteiger partial charge in [-0.15, -0.1) is 0 Å². The largest absolute Gasteiger partial charge is 0.391 e. The molecule has 0 radical (unpaired) electrons. The Balaban J connectivity index is 2.80. The number of nitrogens with zero attached hydrogens (tertiary/aromatic N) is 3. The lowest BCUT2D eigenvalue weighted by atomic mass is 10.4. The summed E-state index contributed by atoms with van der Waals surface area (Å²) in [5.74, 6) is -0.486. The molecule has 0 spiro atoms. The van der Waals surface area contributed by atoms with Crippen LogP contribution in [0.5, 0.6) is 6.01 Å². The van der Waals surface area contributed by atoms with E-state index in [1.54, 1.807) is 0 Å². The molecule has 0 aliphatic rings. The summed E-state index contributed by atoms with van der Waals surface area (Å²) < 4.78 is 4.54. The predicted molar refractivity (Wildman–Crippen MR) is 38.1 cm³/mol. The first-order valence-electron chi connectivity index (χ1n) is 3.13. The third-order valence-corrected chi connectivity index (χ3v) is 0.992. The second kappa shape index (κ2) is 3.44. The molecule has 1 aromatic heterocycles. The summed E-state index contributed by atoms with van der Waals surface area (Å²) >= 11 is 0. The van der Waals surface area contributed by atoms with Crippen LogP contribution in [0.25, 0.3) is 0 Å². The van der Waals surface area contributed by atoms with Crippen molar-refractivity contribution in [1.82, 2.24) is 9.97 Å². The number of esters is 1. The van der Waals surface area contributed by atoms with E-state index in [1.165, 1.54) is 19.3 Å². The maximum atomic E-state index is 10.4. The number of carbonyl (C=O) groups is 1. The van der Waals surface area contributed by atoms with E-state index < -0.39 is 5.97 Å². The second-order valence-corrected chi connectivity index (χ2v) is 1.96. The van der Waals surface area contributed by atoms with Crippen LogP contribution in [0.15, 0.2) is 12.4 Å². The summed E-state index contributed by atoms with van der Waals surface area (Å²) in [7, 11) is 0. The van der Waals surface area contributed by atoms with Crippen molar-refractivity contribution in [3.05, 3.63) is 18.0 Å². The molecule has 0 unspecified atom stereocenters. The van der Waals surface area contributed by atoms with E-state index in [4.69, 9.17) is 5.26 Å². The highest BCUT2D eigenvalue weighted by Gasteiger charge is 1.99. The van der Waals surface area contributed by atoms with E-state index >= 15 is 0 Å². The maximum Gasteiger partial charge on any atom is 0.324 e. The van der Waals surface area contributed by atoms with Crippen LogP contribution in [0.3, 0.4) is 0 Å². The molecule has 0 saturated heterocycles. The Kier molecular flexibility index (Phi) is 2.33. The van der Waals surface area contributed by atoms with Gasteiger partial charge in [0.05, 0.1) is 18.0 Å². The summed E-state index contributed by atoms with van der Waals surface area (Å²) in [6.45, 7) is 1.25. The van der Waals surface area contributed by atoms with Crippen LogP contribution in [-0.4, -0.2) is 15.9 Å². The van der Waals surface area contributed by atoms with Crippen LogP contribution in [0.4, 0.5) is 0 Å². The summed E-state index contributed by atoms with van der Waals surface area (Å²) in [6, 6.07) is 1.80. The Morgan fingerprint density at radius 1 is 1.58 bits per heavy atom. The van der Waals surface area contributed by atoms with Crippen molar-refractivity contribution in [3.8, 4) is 12.1 Å². The molecule has 1 rings (SSSR count). The summed E-state index contributed by atoms with van der Waals surface area (Å²) in [5, 5.41) is 8.37. The number of rotatable bonds is 1. The van der Waals surface area contributed by atoms with Gasteiger partial charge in [-0.25, -0.2) is 9.97 Å². The fourth-order valence-electron chi connectivity index (χ4n) is 0.555. The van der Waals surface area contributed by atoms with Gasteiger partial charge in [-0.1, -0.05) is 0 Å². The molecular formula is C7H5N3O2. The molecule has 0 aromatic carbocycles. The molecule has 0 saturated carbocycles. The van der Waals surface area contributed by atoms with E-state index in [0.29, 0.717) is 5.56 Å². The minimum absolute atomic E-state index is 0.0403. The quantitative estimate of drug-likeness (QED) is 0.555. The fourth-order valence-corrected chi connectivity index (χ4v) is 0.555. The molecule has 0 N–H and O–H groups in total. The molecule has 0 amide bonds. The molecule has 1 heterocycles. The molecule has 0 aliphatic heterocycles. The van der Waals surface area contributed by atoms with E-state index in [1.807, 2.05) is 6.07 Å². The van der Waals surface area contributed by atoms with Crippen LogP contribution >= 0.6 is 0 Å². The molecule has 60 valence electrons. The van der Waals surface area contributed by atoms with Gasteiger partial charge in [0.25, 0.3) is 0 Å². The molecule has 1 aromatic rings. The van der Waals surface area contributed by atoms with E-state index in [-0.39, 0.29) is 6.01 Å². The lowest BCUT2D eigenvalue weighted by molar-refractivity contribution is -0.132. The van der Waals surface area contributed by atoms with Crippen LogP contribution < -0.4 is 4.74 Å². The first-order chi connectivity index (χ1) is 5.72. The third-order valence-electron chi connectivity index (χ3n) is 0.992. The zero-order valence-electron chi connectivity index (χ0n) is 6.31. The lowest BCUT2D eigenvalue weighted by Crippen LogP contribution is -2.04. The van der Waals surface area contributed by atoms with Gasteiger partial charge >= 0.3 is 12.0 Å². The van der Waals surface area contributed by atoms with Gasteiger partial charge < -0.3 is 4.74 Å². The van der Waals surface area contributed by atoms with Gasteiger partial charge in [-0.2, -0.15) is 5.26 Å². The predicted octanol–water partition coefficient (Wildman–Crippen LogP) is 0.274. The zero-order valence-corrected chi connectivity index (χ0v) is 6.31. The van der Waals surface area contributed by atoms with E-state index in [2.05, 4.69) is 14.7 Å². The Hall–Kier alpha value is -1.96. The summed E-state index contributed by atoms with van der Waals surface area (Å²) in [5.41, 5.74) is 0.325. The van der Waals surface area contributed by atoms with Gasteiger partial charge in [0, 0.05) is 6.92 Å². The van der Waals surface area contributed by atoms with Gasteiger partial charge in [0.1, 0.15) is 6.07 Å². The van der Waals surface area contributed by atoms with E-state index in [9.17, 15) is 4.79 Å². The summed E-state index contributed by atoms with van der Waals surface area (Å²) in [4.78, 5) is 17.6. The smallest absolute Gasteiger partial charge is 0.324 e. The average molecular weight is 163 g/mol. The van der Waals surface area contributed by atoms with Gasteiger partial charge in [0.15, 0.2) is 0 Å². The maximum absolute atomic E-state index is 10.4. The normalized spacial score (nSPS) is 8.67. The molecule has 0 fully saturated rings. The number of aromatic nitrogens is 2. The monoisotopic (exact) mass is 163 g/mol. The topological polar surface area (TPSA) is 75.9 Å². The average Bonchev–Trinajstić information content (AvgIpc) is 2.05. The number of hydrogen-bond acceptors (Lipinski definition) is 5. The third kappa shape index (κ3) is 2.02. The van der Waals surface area contributed by atoms with Crippen molar-refractivity contribution >= 4 is 5.97 Å². The van der Waals surface area contributed by atoms with Crippen molar-refractivity contribution in [2.24, 2.45) is 0 Å². The fraction of sp³-hybridized carbons (Fsp3) is 0.143. The van der Waals surface area contributed by atoms with Crippen molar-refractivity contribution in [3.63, 3.8) is 0 Å². The van der Waals surface area contributed by atoms with Gasteiger partial charge in [0.2, 0.25) is 0 Å². The highest BCUT2D eigenvalue weighted by Crippen LogP contribution is 2.00. The Morgan fingerprint density at radius 2 is 2.17 bits per heavy atom. The van der Waals surface area contributed by atoms with Crippen LogP contribution in [0, 0.1) is 11.3 Å². The molecule has 5 nitrogen and oxygen atoms in total. The standard InChI is InChI=1S/C7H5N3O2/c1-5(11)12-7-9-3-6(2-8)4-10-7/h3-4H,1H3. The van der Waals surface area contributed by atoms with Gasteiger partial charge in [-0.05, 0) is 0 Å². The van der Waals surface area contributed by atoms with Crippen LogP contribution in [0.1, 0.15) is 12.5 Å². The Labute approximate surface area is 68.6 Å². The SMILES string of the molecule is CC(=O)Oc1ncc(C#N)cn1. The molecule has 0 atom stereocenters. The first-order valence-corrected chi connectivity index (χ1v) is 3.13. The van der Waals surface area contributed by atoms with Crippen molar-refractivity contribution in [1.29, 1.82) is 5.26 Å². The number of hydrogen-bond donors (Lipinski definition) is 0. The molecular weight excluding hydrogens is 158 g/mol. The number of carbonyl (C=O) groups excluding carboxylic acids is 1. The minimum atomic E-state index is -0.486. The Bertz CT molecular complexity index is 325. The highest BCUT2D eigenvalue weighted by molar-refractivity contribution is 5.68. The second-order valence-electron chi connectivity index (χ2n) is 1.96. The van der Waals surface area contributed by atoms with Crippen molar-refractivity contribution in [2.75, 3.05) is 0 Å². The minimum Gasteiger partial charge on any atom is -0.391 e. The molecule has 0 bridgehead atoms. The van der Waals surface area contributed by atoms with Crippen LogP contribution in [0.2, 0.25) is 0 Å². The van der Waals surface area contributed by atoms with E-state index in [0.717, 1.165) is 0 Å². The Morgan fingerprint density at radius 3 is 2.58 bits per heavy atom. The molecule has 0 aliphatic carbocycles. The van der Waals surface area contributed by atoms with Gasteiger partial charge in [-0.3, -0.25) is 4.79 Å². The number of nitriles is 1. The van der Waals surface area contributed by atoms with Crippen LogP contribution in [-0.2, 0) is 4.79 Å². The molecule has 12 heavy (non-hydrogen) atoms. The summed E-state index contributed by atoms with van der Waals surface area (Å²) in [6.07, 6.45) is 2.57. The first kappa shape index (κ1) is 8.14. The van der Waals surface area contributed by atoms with Crippen molar-refractivity contribution in [2.45, 2.75) is 6.92 Å².